The fourth-order valence-electron chi connectivity index (χ4n) is 0.769. The highest BCUT2D eigenvalue weighted by molar-refractivity contribution is 14.1. The Bertz CT molecular complexity index is 304. The number of rotatable bonds is 1. The van der Waals surface area contributed by atoms with Crippen molar-refractivity contribution in [1.82, 2.24) is 4.98 Å². The monoisotopic (exact) mass is 347 g/mol. The van der Waals surface area contributed by atoms with E-state index in [1.807, 2.05) is 22.6 Å². The van der Waals surface area contributed by atoms with Crippen LogP contribution in [0.5, 0.6) is 0 Å². The van der Waals surface area contributed by atoms with Crippen molar-refractivity contribution in [2.75, 3.05) is 0 Å². The van der Waals surface area contributed by atoms with Gasteiger partial charge in [-0.2, -0.15) is 0 Å². The van der Waals surface area contributed by atoms with Crippen molar-refractivity contribution in [3.8, 4) is 0 Å². The zero-order valence-electron chi connectivity index (χ0n) is 6.11. The Labute approximate surface area is 90.8 Å². The molecule has 0 radical (unpaired) electrons. The number of hydrogen-bond acceptors (Lipinski definition) is 1. The van der Waals surface area contributed by atoms with Crippen LogP contribution >= 0.6 is 38.5 Å². The molecule has 5 heteroatoms. The van der Waals surface area contributed by atoms with Gasteiger partial charge < -0.3 is 0 Å². The predicted octanol–water partition coefficient (Wildman–Crippen LogP) is 3.69. The van der Waals surface area contributed by atoms with Crippen LogP contribution in [0.25, 0.3) is 0 Å². The second kappa shape index (κ2) is 3.95. The highest BCUT2D eigenvalue weighted by atomic mass is 127. The first-order valence-corrected chi connectivity index (χ1v) is 5.00. The molecule has 1 aromatic heterocycles. The standard InChI is InChI=1S/C7H5BrF2IN/c1-3-2-12-6(8)4(5(3)11)7(9)10/h2,7H,1H3. The molecule has 0 aromatic carbocycles. The summed E-state index contributed by atoms with van der Waals surface area (Å²) in [5.41, 5.74) is 0.754. The van der Waals surface area contributed by atoms with E-state index in [0.717, 1.165) is 5.56 Å². The van der Waals surface area contributed by atoms with E-state index in [4.69, 9.17) is 0 Å². The SMILES string of the molecule is Cc1cnc(Br)c(C(F)F)c1I. The Morgan fingerprint density at radius 1 is 1.58 bits per heavy atom. The maximum Gasteiger partial charge on any atom is 0.267 e. The van der Waals surface area contributed by atoms with Gasteiger partial charge in [-0.05, 0) is 51.0 Å². The van der Waals surface area contributed by atoms with Crippen molar-refractivity contribution in [1.29, 1.82) is 0 Å². The number of pyridine rings is 1. The molecule has 1 rings (SSSR count). The average molecular weight is 348 g/mol. The van der Waals surface area contributed by atoms with Gasteiger partial charge in [-0.1, -0.05) is 0 Å². The molecule has 1 nitrogen and oxygen atoms in total. The normalized spacial score (nSPS) is 10.8. The van der Waals surface area contributed by atoms with Crippen molar-refractivity contribution in [3.05, 3.63) is 25.5 Å². The smallest absolute Gasteiger partial charge is 0.249 e. The van der Waals surface area contributed by atoms with Gasteiger partial charge in [0.25, 0.3) is 6.43 Å². The number of aromatic nitrogens is 1. The van der Waals surface area contributed by atoms with Gasteiger partial charge in [-0.25, -0.2) is 13.8 Å². The van der Waals surface area contributed by atoms with Crippen molar-refractivity contribution in [2.24, 2.45) is 0 Å². The molecule has 0 spiro atoms. The fourth-order valence-corrected chi connectivity index (χ4v) is 2.24. The van der Waals surface area contributed by atoms with Gasteiger partial charge in [0.15, 0.2) is 0 Å². The van der Waals surface area contributed by atoms with E-state index in [9.17, 15) is 8.78 Å². The molecule has 0 amide bonds. The van der Waals surface area contributed by atoms with Crippen LogP contribution < -0.4 is 0 Å². The second-order valence-corrected chi connectivity index (χ2v) is 4.09. The van der Waals surface area contributed by atoms with Crippen molar-refractivity contribution >= 4 is 38.5 Å². The molecule has 0 fully saturated rings. The third kappa shape index (κ3) is 1.93. The molecule has 0 saturated carbocycles. The van der Waals surface area contributed by atoms with Crippen LogP contribution in [0, 0.1) is 10.5 Å². The van der Waals surface area contributed by atoms with Crippen molar-refractivity contribution in [3.63, 3.8) is 0 Å². The molecule has 1 aromatic rings. The maximum atomic E-state index is 12.4. The van der Waals surface area contributed by atoms with Crippen molar-refractivity contribution < 1.29 is 8.78 Å². The van der Waals surface area contributed by atoms with Crippen LogP contribution in [0.3, 0.4) is 0 Å². The van der Waals surface area contributed by atoms with Crippen LogP contribution in [-0.2, 0) is 0 Å². The summed E-state index contributed by atoms with van der Waals surface area (Å²) in [6.07, 6.45) is -0.906. The zero-order chi connectivity index (χ0) is 9.30. The van der Waals surface area contributed by atoms with Crippen LogP contribution in [-0.4, -0.2) is 4.98 Å². The van der Waals surface area contributed by atoms with Crippen molar-refractivity contribution in [2.45, 2.75) is 13.3 Å². The van der Waals surface area contributed by atoms with Gasteiger partial charge in [0.1, 0.15) is 4.60 Å². The maximum absolute atomic E-state index is 12.4. The van der Waals surface area contributed by atoms with Gasteiger partial charge >= 0.3 is 0 Å². The van der Waals surface area contributed by atoms with E-state index in [1.54, 1.807) is 13.1 Å². The molecule has 0 saturated heterocycles. The van der Waals surface area contributed by atoms with E-state index in [-0.39, 0.29) is 10.2 Å². The van der Waals surface area contributed by atoms with E-state index in [1.165, 1.54) is 0 Å². The number of alkyl halides is 2. The summed E-state index contributed by atoms with van der Waals surface area (Å²) in [5.74, 6) is 0. The molecule has 1 heterocycles. The van der Waals surface area contributed by atoms with Gasteiger partial charge in [0, 0.05) is 9.77 Å². The lowest BCUT2D eigenvalue weighted by Crippen LogP contribution is -1.96. The van der Waals surface area contributed by atoms with Gasteiger partial charge in [-0.3, -0.25) is 0 Å². The van der Waals surface area contributed by atoms with Gasteiger partial charge in [0.2, 0.25) is 0 Å². The average Bonchev–Trinajstić information content (AvgIpc) is 1.97. The quantitative estimate of drug-likeness (QED) is 0.557. The summed E-state index contributed by atoms with van der Waals surface area (Å²) in [4.78, 5) is 3.79. The summed E-state index contributed by atoms with van der Waals surface area (Å²) in [5, 5.41) is 0. The van der Waals surface area contributed by atoms with Crippen LogP contribution in [0.15, 0.2) is 10.8 Å². The first-order chi connectivity index (χ1) is 5.54. The Morgan fingerprint density at radius 2 is 2.17 bits per heavy atom. The Morgan fingerprint density at radius 3 is 2.58 bits per heavy atom. The molecule has 0 unspecified atom stereocenters. The fraction of sp³-hybridized carbons (Fsp3) is 0.286. The topological polar surface area (TPSA) is 12.9 Å². The van der Waals surface area contributed by atoms with E-state index < -0.39 is 6.43 Å². The summed E-state index contributed by atoms with van der Waals surface area (Å²) >= 11 is 4.88. The zero-order valence-corrected chi connectivity index (χ0v) is 9.86. The number of nitrogens with zero attached hydrogens (tertiary/aromatic N) is 1. The lowest BCUT2D eigenvalue weighted by Gasteiger charge is -2.06. The lowest BCUT2D eigenvalue weighted by molar-refractivity contribution is 0.149. The molecule has 12 heavy (non-hydrogen) atoms. The molecule has 0 N–H and O–H groups in total. The largest absolute Gasteiger partial charge is 0.267 e. The molecule has 0 bridgehead atoms. The summed E-state index contributed by atoms with van der Waals surface area (Å²) in [7, 11) is 0. The minimum Gasteiger partial charge on any atom is -0.249 e. The summed E-state index contributed by atoms with van der Waals surface area (Å²) in [6.45, 7) is 1.76. The predicted molar refractivity (Wildman–Crippen MR) is 54.3 cm³/mol. The van der Waals surface area contributed by atoms with E-state index in [0.29, 0.717) is 3.57 Å². The molecule has 66 valence electrons. The number of aryl methyl sites for hydroxylation is 1. The molecule has 0 atom stereocenters. The Balaban J connectivity index is 3.33. The van der Waals surface area contributed by atoms with Gasteiger partial charge in [0.05, 0.1) is 5.56 Å². The highest BCUT2D eigenvalue weighted by Crippen LogP contribution is 2.31. The van der Waals surface area contributed by atoms with Crippen LogP contribution in [0.1, 0.15) is 17.6 Å². The van der Waals surface area contributed by atoms with E-state index >= 15 is 0 Å². The Hall–Kier alpha value is 0.220. The number of halogens is 4. The highest BCUT2D eigenvalue weighted by Gasteiger charge is 2.17. The third-order valence-electron chi connectivity index (χ3n) is 1.39. The lowest BCUT2D eigenvalue weighted by atomic mass is 10.2. The van der Waals surface area contributed by atoms with Gasteiger partial charge in [-0.15, -0.1) is 0 Å². The summed E-state index contributed by atoms with van der Waals surface area (Å²) < 4.78 is 25.6. The van der Waals surface area contributed by atoms with Crippen LogP contribution in [0.4, 0.5) is 8.78 Å². The first kappa shape index (κ1) is 10.3. The second-order valence-electron chi connectivity index (χ2n) is 2.26. The molecule has 0 aliphatic carbocycles. The summed E-state index contributed by atoms with van der Waals surface area (Å²) in [6, 6.07) is 0. The molecular formula is C7H5BrF2IN. The molecular weight excluding hydrogens is 343 g/mol. The molecule has 0 aliphatic rings. The minimum absolute atomic E-state index is 0.0180. The number of hydrogen-bond donors (Lipinski definition) is 0. The first-order valence-electron chi connectivity index (χ1n) is 3.12. The van der Waals surface area contributed by atoms with Crippen LogP contribution in [0.2, 0.25) is 0 Å². The third-order valence-corrected chi connectivity index (χ3v) is 3.46. The Kier molecular flexibility index (Phi) is 3.39. The molecule has 0 aliphatic heterocycles. The van der Waals surface area contributed by atoms with E-state index in [2.05, 4.69) is 20.9 Å². The minimum atomic E-state index is -2.47.